The molecule has 0 aromatic rings. The molecule has 0 radical (unpaired) electrons. The average molecular weight is 193 g/mol. The molecule has 0 N–H and O–H groups in total. The molecule has 1 aliphatic rings. The molecule has 1 aliphatic carbocycles. The highest BCUT2D eigenvalue weighted by Crippen LogP contribution is 2.38. The van der Waals surface area contributed by atoms with E-state index in [0.717, 1.165) is 32.1 Å². The predicted molar refractivity (Wildman–Crippen MR) is 55.7 cm³/mol. The molecule has 0 bridgehead atoms. The summed E-state index contributed by atoms with van der Waals surface area (Å²) in [6.45, 7) is 2.17. The van der Waals surface area contributed by atoms with Crippen LogP contribution in [0.25, 0.3) is 0 Å². The summed E-state index contributed by atoms with van der Waals surface area (Å²) < 4.78 is 0. The van der Waals surface area contributed by atoms with E-state index < -0.39 is 5.41 Å². The van der Waals surface area contributed by atoms with Crippen molar-refractivity contribution in [3.8, 4) is 6.07 Å². The lowest BCUT2D eigenvalue weighted by Crippen LogP contribution is -2.23. The quantitative estimate of drug-likeness (QED) is 0.629. The molecule has 0 spiro atoms. The number of carbonyl (C=O) groups excluding carboxylic acids is 1. The lowest BCUT2D eigenvalue weighted by molar-refractivity contribution is -0.123. The minimum atomic E-state index is -0.590. The van der Waals surface area contributed by atoms with Gasteiger partial charge < -0.3 is 0 Å². The third-order valence-electron chi connectivity index (χ3n) is 3.21. The van der Waals surface area contributed by atoms with Crippen molar-refractivity contribution in [3.05, 3.63) is 0 Å². The SMILES string of the molecule is CCCCCCC1(C#N)CCCC1=O. The minimum absolute atomic E-state index is 0.191. The zero-order valence-corrected chi connectivity index (χ0v) is 9.01. The van der Waals surface area contributed by atoms with Crippen LogP contribution in [0.1, 0.15) is 58.3 Å². The highest BCUT2D eigenvalue weighted by atomic mass is 16.1. The lowest BCUT2D eigenvalue weighted by atomic mass is 9.81. The monoisotopic (exact) mass is 193 g/mol. The van der Waals surface area contributed by atoms with Gasteiger partial charge in [-0.15, -0.1) is 0 Å². The van der Waals surface area contributed by atoms with E-state index in [1.165, 1.54) is 12.8 Å². The molecule has 1 fully saturated rings. The first-order chi connectivity index (χ1) is 6.75. The molecule has 78 valence electrons. The van der Waals surface area contributed by atoms with Crippen LogP contribution in [-0.2, 0) is 4.79 Å². The van der Waals surface area contributed by atoms with E-state index in [4.69, 9.17) is 5.26 Å². The van der Waals surface area contributed by atoms with Gasteiger partial charge in [-0.1, -0.05) is 32.6 Å². The first-order valence-corrected chi connectivity index (χ1v) is 5.70. The van der Waals surface area contributed by atoms with Crippen LogP contribution in [0, 0.1) is 16.7 Å². The van der Waals surface area contributed by atoms with Crippen molar-refractivity contribution >= 4 is 5.78 Å². The molecule has 1 rings (SSSR count). The number of carbonyl (C=O) groups is 1. The number of hydrogen-bond donors (Lipinski definition) is 0. The van der Waals surface area contributed by atoms with Crippen LogP contribution in [0.15, 0.2) is 0 Å². The standard InChI is InChI=1S/C12H19NO/c1-2-3-4-5-8-12(10-13)9-6-7-11(12)14/h2-9H2,1H3. The number of hydrogen-bond acceptors (Lipinski definition) is 2. The Bertz CT molecular complexity index is 241. The first-order valence-electron chi connectivity index (χ1n) is 5.70. The maximum Gasteiger partial charge on any atom is 0.153 e. The van der Waals surface area contributed by atoms with Crippen LogP contribution in [-0.4, -0.2) is 5.78 Å². The molecule has 1 atom stereocenters. The van der Waals surface area contributed by atoms with Gasteiger partial charge in [0, 0.05) is 6.42 Å². The van der Waals surface area contributed by atoms with Crippen LogP contribution < -0.4 is 0 Å². The largest absolute Gasteiger partial charge is 0.298 e. The summed E-state index contributed by atoms with van der Waals surface area (Å²) in [5.74, 6) is 0.191. The van der Waals surface area contributed by atoms with Crippen molar-refractivity contribution in [3.63, 3.8) is 0 Å². The Morgan fingerprint density at radius 3 is 2.71 bits per heavy atom. The van der Waals surface area contributed by atoms with Gasteiger partial charge in [0.2, 0.25) is 0 Å². The molecule has 0 heterocycles. The van der Waals surface area contributed by atoms with Gasteiger partial charge in [-0.3, -0.25) is 4.79 Å². The average Bonchev–Trinajstić information content (AvgIpc) is 2.56. The van der Waals surface area contributed by atoms with Gasteiger partial charge in [-0.05, 0) is 19.3 Å². The van der Waals surface area contributed by atoms with Crippen molar-refractivity contribution in [2.24, 2.45) is 5.41 Å². The van der Waals surface area contributed by atoms with Gasteiger partial charge in [0.1, 0.15) is 5.41 Å². The van der Waals surface area contributed by atoms with Gasteiger partial charge in [0.15, 0.2) is 5.78 Å². The third kappa shape index (κ3) is 2.35. The fraction of sp³-hybridized carbons (Fsp3) is 0.833. The number of unbranched alkanes of at least 4 members (excludes halogenated alkanes) is 3. The van der Waals surface area contributed by atoms with E-state index in [1.807, 2.05) is 0 Å². The zero-order valence-electron chi connectivity index (χ0n) is 9.01. The second kappa shape index (κ2) is 5.14. The fourth-order valence-electron chi connectivity index (χ4n) is 2.22. The molecule has 0 saturated heterocycles. The van der Waals surface area contributed by atoms with E-state index in [1.54, 1.807) is 0 Å². The number of Topliss-reactive ketones (excluding diaryl/α,β-unsaturated/α-hetero) is 1. The smallest absolute Gasteiger partial charge is 0.153 e. The van der Waals surface area contributed by atoms with Gasteiger partial charge >= 0.3 is 0 Å². The van der Waals surface area contributed by atoms with E-state index in [0.29, 0.717) is 6.42 Å². The lowest BCUT2D eigenvalue weighted by Gasteiger charge is -2.17. The molecule has 0 aromatic heterocycles. The van der Waals surface area contributed by atoms with Crippen LogP contribution in [0.5, 0.6) is 0 Å². The summed E-state index contributed by atoms with van der Waals surface area (Å²) in [4.78, 5) is 11.6. The topological polar surface area (TPSA) is 40.9 Å². The van der Waals surface area contributed by atoms with Gasteiger partial charge in [-0.2, -0.15) is 5.26 Å². The van der Waals surface area contributed by atoms with Crippen molar-refractivity contribution < 1.29 is 4.79 Å². The molecule has 0 amide bonds. The Kier molecular flexibility index (Phi) is 4.13. The normalized spacial score (nSPS) is 26.4. The summed E-state index contributed by atoms with van der Waals surface area (Å²) >= 11 is 0. The summed E-state index contributed by atoms with van der Waals surface area (Å²) in [5.41, 5.74) is -0.590. The van der Waals surface area contributed by atoms with Crippen molar-refractivity contribution in [2.75, 3.05) is 0 Å². The Morgan fingerprint density at radius 1 is 1.43 bits per heavy atom. The Morgan fingerprint density at radius 2 is 2.21 bits per heavy atom. The van der Waals surface area contributed by atoms with Crippen LogP contribution in [0.4, 0.5) is 0 Å². The number of nitrogens with zero attached hydrogens (tertiary/aromatic N) is 1. The molecule has 2 heteroatoms. The van der Waals surface area contributed by atoms with Gasteiger partial charge in [-0.25, -0.2) is 0 Å². The van der Waals surface area contributed by atoms with E-state index in [9.17, 15) is 4.79 Å². The molecule has 14 heavy (non-hydrogen) atoms. The van der Waals surface area contributed by atoms with Gasteiger partial charge in [0.25, 0.3) is 0 Å². The Balaban J connectivity index is 2.39. The summed E-state index contributed by atoms with van der Waals surface area (Å²) in [5, 5.41) is 9.07. The maximum atomic E-state index is 11.6. The molecule has 2 nitrogen and oxygen atoms in total. The summed E-state index contributed by atoms with van der Waals surface area (Å²) in [7, 11) is 0. The highest BCUT2D eigenvalue weighted by Gasteiger charge is 2.41. The zero-order chi connectivity index (χ0) is 10.4. The molecular formula is C12H19NO. The first kappa shape index (κ1) is 11.2. The predicted octanol–water partition coefficient (Wildman–Crippen LogP) is 3.22. The fourth-order valence-corrected chi connectivity index (χ4v) is 2.22. The van der Waals surface area contributed by atoms with Crippen LogP contribution in [0.3, 0.4) is 0 Å². The highest BCUT2D eigenvalue weighted by molar-refractivity contribution is 5.89. The second-order valence-corrected chi connectivity index (χ2v) is 4.28. The Hall–Kier alpha value is -0.840. The third-order valence-corrected chi connectivity index (χ3v) is 3.21. The van der Waals surface area contributed by atoms with Crippen LogP contribution >= 0.6 is 0 Å². The van der Waals surface area contributed by atoms with Crippen molar-refractivity contribution in [2.45, 2.75) is 58.3 Å². The van der Waals surface area contributed by atoms with Crippen molar-refractivity contribution in [1.82, 2.24) is 0 Å². The molecular weight excluding hydrogens is 174 g/mol. The molecule has 0 aliphatic heterocycles. The maximum absolute atomic E-state index is 11.6. The molecule has 1 saturated carbocycles. The van der Waals surface area contributed by atoms with E-state index >= 15 is 0 Å². The van der Waals surface area contributed by atoms with E-state index in [2.05, 4.69) is 13.0 Å². The van der Waals surface area contributed by atoms with Gasteiger partial charge in [0.05, 0.1) is 6.07 Å². The number of ketones is 1. The van der Waals surface area contributed by atoms with E-state index in [-0.39, 0.29) is 5.78 Å². The number of rotatable bonds is 5. The van der Waals surface area contributed by atoms with Crippen molar-refractivity contribution in [1.29, 1.82) is 5.26 Å². The summed E-state index contributed by atoms with van der Waals surface area (Å²) in [6.07, 6.45) is 7.75. The minimum Gasteiger partial charge on any atom is -0.298 e. The van der Waals surface area contributed by atoms with Crippen LogP contribution in [0.2, 0.25) is 0 Å². The second-order valence-electron chi connectivity index (χ2n) is 4.28. The Labute approximate surface area is 86.3 Å². The summed E-state index contributed by atoms with van der Waals surface area (Å²) in [6, 6.07) is 2.25. The molecule has 1 unspecified atom stereocenters. The molecule has 0 aromatic carbocycles. The number of nitriles is 1.